The predicted octanol–water partition coefficient (Wildman–Crippen LogP) is 2.08. The Bertz CT molecular complexity index is 527. The maximum atomic E-state index is 5.92. The highest BCUT2D eigenvalue weighted by molar-refractivity contribution is 14.0. The Morgan fingerprint density at radius 3 is 2.88 bits per heavy atom. The molecule has 1 fully saturated rings. The van der Waals surface area contributed by atoms with Crippen molar-refractivity contribution in [3.8, 4) is 5.75 Å². The smallest absolute Gasteiger partial charge is 0.188 e. The molecular formula is C17H29IN4O2. The van der Waals surface area contributed by atoms with Crippen molar-refractivity contribution >= 4 is 35.6 Å². The number of aliphatic imine (C=N–C) groups is 1. The van der Waals surface area contributed by atoms with Crippen LogP contribution in [0.25, 0.3) is 0 Å². The molecule has 24 heavy (non-hydrogen) atoms. The number of nitrogens with two attached hydrogens (primary N) is 1. The third-order valence-corrected chi connectivity index (χ3v) is 4.04. The van der Waals surface area contributed by atoms with Crippen LogP contribution in [0, 0.1) is 5.92 Å². The van der Waals surface area contributed by atoms with Gasteiger partial charge in [0, 0.05) is 32.8 Å². The molecule has 7 heteroatoms. The van der Waals surface area contributed by atoms with Crippen LogP contribution < -0.4 is 20.7 Å². The van der Waals surface area contributed by atoms with Gasteiger partial charge in [-0.1, -0.05) is 12.1 Å². The first-order chi connectivity index (χ1) is 11.1. The summed E-state index contributed by atoms with van der Waals surface area (Å²) in [5.41, 5.74) is 7.08. The van der Waals surface area contributed by atoms with E-state index in [0.717, 1.165) is 37.5 Å². The van der Waals surface area contributed by atoms with Gasteiger partial charge in [0.15, 0.2) is 5.96 Å². The number of hydrogen-bond donors (Lipinski definition) is 2. The molecule has 0 amide bonds. The summed E-state index contributed by atoms with van der Waals surface area (Å²) in [4.78, 5) is 6.83. The minimum atomic E-state index is 0. The molecule has 0 bridgehead atoms. The molecule has 0 aliphatic carbocycles. The van der Waals surface area contributed by atoms with Crippen LogP contribution in [-0.2, 0) is 4.74 Å². The second kappa shape index (κ2) is 10.6. The molecular weight excluding hydrogens is 419 g/mol. The summed E-state index contributed by atoms with van der Waals surface area (Å²) in [6.45, 7) is 5.37. The van der Waals surface area contributed by atoms with Crippen LogP contribution in [0.5, 0.6) is 5.75 Å². The fourth-order valence-corrected chi connectivity index (χ4v) is 2.91. The van der Waals surface area contributed by atoms with Gasteiger partial charge in [-0.05, 0) is 31.4 Å². The van der Waals surface area contributed by atoms with Crippen LogP contribution >= 0.6 is 24.0 Å². The lowest BCUT2D eigenvalue weighted by Gasteiger charge is -2.21. The van der Waals surface area contributed by atoms with E-state index in [1.807, 2.05) is 25.1 Å². The van der Waals surface area contributed by atoms with Crippen LogP contribution in [-0.4, -0.2) is 52.5 Å². The lowest BCUT2D eigenvalue weighted by molar-refractivity contribution is 0.179. The molecule has 1 aromatic rings. The molecule has 2 unspecified atom stereocenters. The number of anilines is 1. The Balaban J connectivity index is 0.00000288. The number of ether oxygens (including phenoxy) is 2. The Morgan fingerprint density at radius 1 is 1.42 bits per heavy atom. The van der Waals surface area contributed by atoms with Crippen molar-refractivity contribution in [3.05, 3.63) is 24.3 Å². The minimum absolute atomic E-state index is 0. The quantitative estimate of drug-likeness (QED) is 0.380. The SMILES string of the molecule is COCC(C)NC(N)=NCC1CCN(c2ccccc2OC)C1.I. The van der Waals surface area contributed by atoms with E-state index in [0.29, 0.717) is 18.5 Å². The van der Waals surface area contributed by atoms with Crippen molar-refractivity contribution in [1.82, 2.24) is 5.32 Å². The molecule has 3 N–H and O–H groups in total. The average molecular weight is 448 g/mol. The number of rotatable bonds is 7. The Hall–Kier alpha value is -1.22. The van der Waals surface area contributed by atoms with Gasteiger partial charge in [-0.3, -0.25) is 4.99 Å². The predicted molar refractivity (Wildman–Crippen MR) is 110 cm³/mol. The lowest BCUT2D eigenvalue weighted by atomic mass is 10.1. The molecule has 1 aliphatic heterocycles. The summed E-state index contributed by atoms with van der Waals surface area (Å²) >= 11 is 0. The zero-order chi connectivity index (χ0) is 16.7. The summed E-state index contributed by atoms with van der Waals surface area (Å²) in [6, 6.07) is 8.31. The van der Waals surface area contributed by atoms with Crippen LogP contribution in [0.15, 0.2) is 29.3 Å². The third kappa shape index (κ3) is 6.01. The van der Waals surface area contributed by atoms with Gasteiger partial charge in [-0.2, -0.15) is 0 Å². The monoisotopic (exact) mass is 448 g/mol. The molecule has 0 radical (unpaired) electrons. The van der Waals surface area contributed by atoms with Gasteiger partial charge in [-0.15, -0.1) is 24.0 Å². The average Bonchev–Trinajstić information content (AvgIpc) is 3.02. The highest BCUT2D eigenvalue weighted by Gasteiger charge is 2.24. The second-order valence-corrected chi connectivity index (χ2v) is 6.00. The van der Waals surface area contributed by atoms with E-state index in [9.17, 15) is 0 Å². The highest BCUT2D eigenvalue weighted by Crippen LogP contribution is 2.31. The number of nitrogens with zero attached hydrogens (tertiary/aromatic N) is 2. The maximum Gasteiger partial charge on any atom is 0.188 e. The molecule has 2 atom stereocenters. The maximum absolute atomic E-state index is 5.92. The van der Waals surface area contributed by atoms with E-state index in [2.05, 4.69) is 21.3 Å². The zero-order valence-electron chi connectivity index (χ0n) is 14.7. The number of guanidine groups is 1. The Kier molecular flexibility index (Phi) is 9.20. The van der Waals surface area contributed by atoms with Crippen molar-refractivity contribution in [2.45, 2.75) is 19.4 Å². The Morgan fingerprint density at radius 2 is 2.17 bits per heavy atom. The molecule has 1 aromatic carbocycles. The van der Waals surface area contributed by atoms with E-state index in [-0.39, 0.29) is 30.0 Å². The Labute approximate surface area is 161 Å². The van der Waals surface area contributed by atoms with Crippen molar-refractivity contribution in [3.63, 3.8) is 0 Å². The van der Waals surface area contributed by atoms with Crippen molar-refractivity contribution in [1.29, 1.82) is 0 Å². The molecule has 1 saturated heterocycles. The van der Waals surface area contributed by atoms with E-state index in [1.165, 1.54) is 0 Å². The van der Waals surface area contributed by atoms with Gasteiger partial charge < -0.3 is 25.4 Å². The summed E-state index contributed by atoms with van der Waals surface area (Å²) in [7, 11) is 3.39. The molecule has 136 valence electrons. The standard InChI is InChI=1S/C17H28N4O2.HI/c1-13(12-22-2)20-17(18)19-10-14-8-9-21(11-14)15-6-4-5-7-16(15)23-3;/h4-7,13-14H,8-12H2,1-3H3,(H3,18,19,20);1H. The summed E-state index contributed by atoms with van der Waals surface area (Å²) in [6.07, 6.45) is 1.11. The van der Waals surface area contributed by atoms with E-state index >= 15 is 0 Å². The molecule has 1 aliphatic rings. The van der Waals surface area contributed by atoms with E-state index < -0.39 is 0 Å². The molecule has 0 spiro atoms. The van der Waals surface area contributed by atoms with E-state index in [4.69, 9.17) is 15.2 Å². The number of halogens is 1. The minimum Gasteiger partial charge on any atom is -0.495 e. The van der Waals surface area contributed by atoms with Gasteiger partial charge >= 0.3 is 0 Å². The second-order valence-electron chi connectivity index (χ2n) is 6.00. The summed E-state index contributed by atoms with van der Waals surface area (Å²) in [5.74, 6) is 1.93. The van der Waals surface area contributed by atoms with Crippen LogP contribution in [0.1, 0.15) is 13.3 Å². The first-order valence-electron chi connectivity index (χ1n) is 8.07. The fraction of sp³-hybridized carbons (Fsp3) is 0.588. The fourth-order valence-electron chi connectivity index (χ4n) is 2.91. The van der Waals surface area contributed by atoms with Gasteiger partial charge in [0.1, 0.15) is 5.75 Å². The van der Waals surface area contributed by atoms with Gasteiger partial charge in [0.25, 0.3) is 0 Å². The zero-order valence-corrected chi connectivity index (χ0v) is 17.0. The number of benzene rings is 1. The number of para-hydroxylation sites is 2. The summed E-state index contributed by atoms with van der Waals surface area (Å²) in [5, 5.41) is 3.14. The largest absolute Gasteiger partial charge is 0.495 e. The van der Waals surface area contributed by atoms with Crippen molar-refractivity contribution in [2.75, 3.05) is 45.4 Å². The van der Waals surface area contributed by atoms with Crippen LogP contribution in [0.3, 0.4) is 0 Å². The molecule has 6 nitrogen and oxygen atoms in total. The third-order valence-electron chi connectivity index (χ3n) is 4.04. The van der Waals surface area contributed by atoms with Gasteiger partial charge in [0.05, 0.1) is 19.4 Å². The van der Waals surface area contributed by atoms with E-state index in [1.54, 1.807) is 14.2 Å². The number of methoxy groups -OCH3 is 2. The normalized spacial score (nSPS) is 18.9. The molecule has 0 aromatic heterocycles. The highest BCUT2D eigenvalue weighted by atomic mass is 127. The van der Waals surface area contributed by atoms with Gasteiger partial charge in [0.2, 0.25) is 0 Å². The molecule has 2 rings (SSSR count). The van der Waals surface area contributed by atoms with Crippen molar-refractivity contribution in [2.24, 2.45) is 16.6 Å². The van der Waals surface area contributed by atoms with Crippen molar-refractivity contribution < 1.29 is 9.47 Å². The first-order valence-corrected chi connectivity index (χ1v) is 8.07. The van der Waals surface area contributed by atoms with Crippen LogP contribution in [0.2, 0.25) is 0 Å². The summed E-state index contributed by atoms with van der Waals surface area (Å²) < 4.78 is 10.5. The first kappa shape index (κ1) is 20.8. The van der Waals surface area contributed by atoms with Crippen LogP contribution in [0.4, 0.5) is 5.69 Å². The topological polar surface area (TPSA) is 72.1 Å². The molecule has 1 heterocycles. The molecule has 0 saturated carbocycles. The lowest BCUT2D eigenvalue weighted by Crippen LogP contribution is -2.41. The van der Waals surface area contributed by atoms with Gasteiger partial charge in [-0.25, -0.2) is 0 Å². The number of nitrogens with one attached hydrogen (secondary N) is 1. The number of hydrogen-bond acceptors (Lipinski definition) is 4.